The van der Waals surface area contributed by atoms with E-state index in [1.807, 2.05) is 27.7 Å². The molecule has 0 spiro atoms. The molecule has 1 aliphatic carbocycles. The highest BCUT2D eigenvalue weighted by Gasteiger charge is 2.53. The van der Waals surface area contributed by atoms with Crippen molar-refractivity contribution < 1.29 is 45.1 Å². The van der Waals surface area contributed by atoms with Gasteiger partial charge in [-0.1, -0.05) is 6.08 Å². The summed E-state index contributed by atoms with van der Waals surface area (Å²) in [5, 5.41) is 0. The summed E-state index contributed by atoms with van der Waals surface area (Å²) in [6.07, 6.45) is -6.33. The SMILES string of the molecule is CC1(C)OB(C2=CCC(COCC(F)(F)F)(COCC(F)(F)F)CC2)OC1(C)C. The first kappa shape index (κ1) is 24.5. The number of hydrogen-bond donors (Lipinski definition) is 0. The summed E-state index contributed by atoms with van der Waals surface area (Å²) in [5.41, 5.74) is -1.23. The summed E-state index contributed by atoms with van der Waals surface area (Å²) < 4.78 is 95.9. The lowest BCUT2D eigenvalue weighted by Crippen LogP contribution is -2.41. The van der Waals surface area contributed by atoms with Gasteiger partial charge >= 0.3 is 19.5 Å². The summed E-state index contributed by atoms with van der Waals surface area (Å²) in [6, 6.07) is 0. The number of alkyl halides is 6. The molecule has 2 rings (SSSR count). The normalized spacial score (nSPS) is 23.9. The van der Waals surface area contributed by atoms with Crippen LogP contribution in [0.2, 0.25) is 0 Å². The molecule has 0 unspecified atom stereocenters. The molecule has 0 aromatic carbocycles. The molecule has 0 aromatic heterocycles. The average molecular weight is 432 g/mol. The molecule has 29 heavy (non-hydrogen) atoms. The van der Waals surface area contributed by atoms with Crippen LogP contribution in [0.25, 0.3) is 0 Å². The third-order valence-electron chi connectivity index (χ3n) is 5.65. The summed E-state index contributed by atoms with van der Waals surface area (Å²) in [5.74, 6) is 0. The fraction of sp³-hybridized carbons (Fsp3) is 0.889. The fourth-order valence-electron chi connectivity index (χ4n) is 3.24. The van der Waals surface area contributed by atoms with Crippen molar-refractivity contribution in [3.63, 3.8) is 0 Å². The van der Waals surface area contributed by atoms with Gasteiger partial charge in [-0.2, -0.15) is 26.3 Å². The first-order valence-electron chi connectivity index (χ1n) is 9.38. The molecule has 0 bridgehead atoms. The van der Waals surface area contributed by atoms with Gasteiger partial charge in [0.15, 0.2) is 0 Å². The predicted octanol–water partition coefficient (Wildman–Crippen LogP) is 4.87. The molecule has 0 saturated carbocycles. The molecule has 4 nitrogen and oxygen atoms in total. The third kappa shape index (κ3) is 6.87. The molecule has 1 heterocycles. The summed E-state index contributed by atoms with van der Waals surface area (Å²) in [4.78, 5) is 0. The van der Waals surface area contributed by atoms with E-state index in [0.717, 1.165) is 5.47 Å². The van der Waals surface area contributed by atoms with Crippen molar-refractivity contribution in [2.45, 2.75) is 70.5 Å². The Labute approximate surface area is 167 Å². The Morgan fingerprint density at radius 3 is 1.69 bits per heavy atom. The standard InChI is InChI=1S/C18H27BF6O4/c1-14(2)15(3,4)29-19(28-14)13-5-7-16(8-6-13,9-26-11-17(20,21)22)10-27-12-18(23,24)25/h5H,6-12H2,1-4H3. The molecule has 0 aromatic rings. The second-order valence-corrected chi connectivity index (χ2v) is 8.79. The van der Waals surface area contributed by atoms with Crippen LogP contribution in [0.3, 0.4) is 0 Å². The van der Waals surface area contributed by atoms with Crippen molar-refractivity contribution in [2.75, 3.05) is 26.4 Å². The highest BCUT2D eigenvalue weighted by molar-refractivity contribution is 6.54. The van der Waals surface area contributed by atoms with Crippen molar-refractivity contribution in [3.05, 3.63) is 11.5 Å². The van der Waals surface area contributed by atoms with Crippen molar-refractivity contribution in [1.82, 2.24) is 0 Å². The van der Waals surface area contributed by atoms with Crippen LogP contribution in [0, 0.1) is 5.41 Å². The molecule has 1 saturated heterocycles. The molecule has 168 valence electrons. The molecule has 11 heteroatoms. The van der Waals surface area contributed by atoms with Crippen LogP contribution in [-0.4, -0.2) is 57.1 Å². The minimum absolute atomic E-state index is 0.210. The fourth-order valence-corrected chi connectivity index (χ4v) is 3.24. The second-order valence-electron chi connectivity index (χ2n) is 8.79. The van der Waals surface area contributed by atoms with Gasteiger partial charge in [-0.15, -0.1) is 0 Å². The van der Waals surface area contributed by atoms with Crippen LogP contribution in [0.4, 0.5) is 26.3 Å². The van der Waals surface area contributed by atoms with Gasteiger partial charge in [-0.05, 0) is 52.4 Å². The van der Waals surface area contributed by atoms with Crippen molar-refractivity contribution >= 4 is 7.12 Å². The van der Waals surface area contributed by atoms with E-state index in [0.29, 0.717) is 12.8 Å². The lowest BCUT2D eigenvalue weighted by Gasteiger charge is -2.36. The van der Waals surface area contributed by atoms with Crippen LogP contribution in [0.1, 0.15) is 47.0 Å². The quantitative estimate of drug-likeness (QED) is 0.425. The Balaban J connectivity index is 2.04. The number of rotatable bonds is 7. The Kier molecular flexibility index (Phi) is 7.09. The van der Waals surface area contributed by atoms with E-state index in [1.54, 1.807) is 6.08 Å². The minimum atomic E-state index is -4.51. The van der Waals surface area contributed by atoms with Crippen LogP contribution in [-0.2, 0) is 18.8 Å². The molecule has 0 amide bonds. The van der Waals surface area contributed by atoms with Gasteiger partial charge in [0.25, 0.3) is 0 Å². The van der Waals surface area contributed by atoms with Gasteiger partial charge in [-0.25, -0.2) is 0 Å². The van der Waals surface area contributed by atoms with Crippen molar-refractivity contribution in [3.8, 4) is 0 Å². The first-order chi connectivity index (χ1) is 13.0. The zero-order valence-electron chi connectivity index (χ0n) is 17.0. The summed E-state index contributed by atoms with van der Waals surface area (Å²) in [6.45, 7) is 3.99. The smallest absolute Gasteiger partial charge is 0.400 e. The van der Waals surface area contributed by atoms with E-state index >= 15 is 0 Å². The highest BCUT2D eigenvalue weighted by Crippen LogP contribution is 2.43. The molecular weight excluding hydrogens is 405 g/mol. The largest absolute Gasteiger partial charge is 0.490 e. The number of ether oxygens (including phenoxy) is 2. The Bertz CT molecular complexity index is 564. The van der Waals surface area contributed by atoms with Gasteiger partial charge in [0.1, 0.15) is 13.2 Å². The van der Waals surface area contributed by atoms with E-state index in [2.05, 4.69) is 0 Å². The maximum Gasteiger partial charge on any atom is 0.490 e. The maximum absolute atomic E-state index is 12.4. The highest BCUT2D eigenvalue weighted by atomic mass is 19.4. The Morgan fingerprint density at radius 2 is 1.34 bits per heavy atom. The van der Waals surface area contributed by atoms with Gasteiger partial charge in [0, 0.05) is 5.41 Å². The molecule has 0 radical (unpaired) electrons. The van der Waals surface area contributed by atoms with Crippen LogP contribution in [0.5, 0.6) is 0 Å². The zero-order chi connectivity index (χ0) is 22.1. The zero-order valence-corrected chi connectivity index (χ0v) is 17.0. The maximum atomic E-state index is 12.4. The topological polar surface area (TPSA) is 36.9 Å². The van der Waals surface area contributed by atoms with Crippen molar-refractivity contribution in [2.24, 2.45) is 5.41 Å². The van der Waals surface area contributed by atoms with Gasteiger partial charge in [-0.3, -0.25) is 0 Å². The molecule has 1 fully saturated rings. The Morgan fingerprint density at radius 1 is 0.897 bits per heavy atom. The molecule has 0 N–H and O–H groups in total. The minimum Gasteiger partial charge on any atom is -0.400 e. The Hall–Kier alpha value is -0.775. The average Bonchev–Trinajstić information content (AvgIpc) is 2.73. The van der Waals surface area contributed by atoms with Crippen LogP contribution >= 0.6 is 0 Å². The predicted molar refractivity (Wildman–Crippen MR) is 94.2 cm³/mol. The first-order valence-corrected chi connectivity index (χ1v) is 9.38. The summed E-state index contributed by atoms with van der Waals surface area (Å²) in [7, 11) is -0.592. The third-order valence-corrected chi connectivity index (χ3v) is 5.65. The van der Waals surface area contributed by atoms with Gasteiger partial charge in [0.05, 0.1) is 24.4 Å². The molecule has 1 aliphatic heterocycles. The number of hydrogen-bond acceptors (Lipinski definition) is 4. The van der Waals surface area contributed by atoms with E-state index in [4.69, 9.17) is 18.8 Å². The van der Waals surface area contributed by atoms with Gasteiger partial charge in [0.2, 0.25) is 0 Å². The number of allylic oxidation sites excluding steroid dienone is 2. The van der Waals surface area contributed by atoms with Crippen molar-refractivity contribution in [1.29, 1.82) is 0 Å². The monoisotopic (exact) mass is 432 g/mol. The van der Waals surface area contributed by atoms with Crippen LogP contribution in [0.15, 0.2) is 11.5 Å². The molecule has 2 aliphatic rings. The van der Waals surface area contributed by atoms with E-state index < -0.39 is 49.3 Å². The van der Waals surface area contributed by atoms with E-state index in [-0.39, 0.29) is 19.6 Å². The van der Waals surface area contributed by atoms with E-state index in [1.165, 1.54) is 0 Å². The second kappa shape index (κ2) is 8.40. The lowest BCUT2D eigenvalue weighted by atomic mass is 9.66. The van der Waals surface area contributed by atoms with Gasteiger partial charge < -0.3 is 18.8 Å². The lowest BCUT2D eigenvalue weighted by molar-refractivity contribution is -0.195. The molecular formula is C18H27BF6O4. The van der Waals surface area contributed by atoms with Crippen LogP contribution < -0.4 is 0 Å². The molecule has 0 atom stereocenters. The van der Waals surface area contributed by atoms with E-state index in [9.17, 15) is 26.3 Å². The number of halogens is 6. The summed E-state index contributed by atoms with van der Waals surface area (Å²) >= 11 is 0.